The highest BCUT2D eigenvalue weighted by molar-refractivity contribution is 5.54. The third kappa shape index (κ3) is 4.39. The van der Waals surface area contributed by atoms with E-state index in [4.69, 9.17) is 4.42 Å². The van der Waals surface area contributed by atoms with E-state index in [1.54, 1.807) is 18.2 Å². The summed E-state index contributed by atoms with van der Waals surface area (Å²) in [5, 5.41) is 12.3. The maximum atomic E-state index is 12.7. The standard InChI is InChI=1S/C18H15F3N2O2/c19-18(20,21)14-3-1-2-12(8-14)9-22-10-15-11-25-17(23-15)13-4-6-16(24)7-5-13/h1-8,11,22,24H,9-10H2. The monoisotopic (exact) mass is 348 g/mol. The number of benzene rings is 2. The van der Waals surface area contributed by atoms with Crippen LogP contribution in [0.5, 0.6) is 5.75 Å². The molecule has 0 radical (unpaired) electrons. The van der Waals surface area contributed by atoms with E-state index < -0.39 is 11.7 Å². The SMILES string of the molecule is Oc1ccc(-c2nc(CNCc3cccc(C(F)(F)F)c3)co2)cc1. The second kappa shape index (κ2) is 6.98. The number of rotatable bonds is 5. The van der Waals surface area contributed by atoms with E-state index in [1.807, 2.05) is 0 Å². The lowest BCUT2D eigenvalue weighted by atomic mass is 10.1. The Morgan fingerprint density at radius 2 is 1.80 bits per heavy atom. The van der Waals surface area contributed by atoms with Crippen molar-refractivity contribution in [3.63, 3.8) is 0 Å². The van der Waals surface area contributed by atoms with Gasteiger partial charge in [0.2, 0.25) is 5.89 Å². The summed E-state index contributed by atoms with van der Waals surface area (Å²) in [5.74, 6) is 0.564. The maximum Gasteiger partial charge on any atom is 0.416 e. The molecule has 1 aromatic heterocycles. The minimum Gasteiger partial charge on any atom is -0.508 e. The maximum absolute atomic E-state index is 12.7. The van der Waals surface area contributed by atoms with Gasteiger partial charge in [0.15, 0.2) is 0 Å². The number of hydrogen-bond acceptors (Lipinski definition) is 4. The van der Waals surface area contributed by atoms with Gasteiger partial charge in [0.05, 0.1) is 11.3 Å². The van der Waals surface area contributed by atoms with Crippen molar-refractivity contribution in [1.82, 2.24) is 10.3 Å². The van der Waals surface area contributed by atoms with E-state index in [-0.39, 0.29) is 12.3 Å². The average molecular weight is 348 g/mol. The lowest BCUT2D eigenvalue weighted by Gasteiger charge is -2.09. The fourth-order valence-electron chi connectivity index (χ4n) is 2.32. The Morgan fingerprint density at radius 1 is 1.04 bits per heavy atom. The summed E-state index contributed by atoms with van der Waals surface area (Å²) in [7, 11) is 0. The Kier molecular flexibility index (Phi) is 4.76. The van der Waals surface area contributed by atoms with Gasteiger partial charge in [-0.2, -0.15) is 13.2 Å². The number of oxazole rings is 1. The third-order valence-electron chi connectivity index (χ3n) is 3.56. The molecule has 1 heterocycles. The molecular weight excluding hydrogens is 333 g/mol. The molecule has 4 nitrogen and oxygen atoms in total. The van der Waals surface area contributed by atoms with Crippen LogP contribution in [0.25, 0.3) is 11.5 Å². The van der Waals surface area contributed by atoms with Crippen molar-refractivity contribution in [3.8, 4) is 17.2 Å². The lowest BCUT2D eigenvalue weighted by Crippen LogP contribution is -2.14. The van der Waals surface area contributed by atoms with Gasteiger partial charge in [-0.1, -0.05) is 18.2 Å². The first-order valence-electron chi connectivity index (χ1n) is 7.52. The summed E-state index contributed by atoms with van der Waals surface area (Å²) >= 11 is 0. The second-order valence-corrected chi connectivity index (χ2v) is 5.49. The largest absolute Gasteiger partial charge is 0.508 e. The number of hydrogen-bond donors (Lipinski definition) is 2. The van der Waals surface area contributed by atoms with Crippen molar-refractivity contribution in [1.29, 1.82) is 0 Å². The van der Waals surface area contributed by atoms with Crippen molar-refractivity contribution < 1.29 is 22.7 Å². The molecule has 0 aliphatic carbocycles. The topological polar surface area (TPSA) is 58.3 Å². The van der Waals surface area contributed by atoms with Crippen LogP contribution in [0.15, 0.2) is 59.2 Å². The summed E-state index contributed by atoms with van der Waals surface area (Å²) in [6.07, 6.45) is -2.86. The molecule has 0 amide bonds. The lowest BCUT2D eigenvalue weighted by molar-refractivity contribution is -0.137. The van der Waals surface area contributed by atoms with Crippen LogP contribution in [0.2, 0.25) is 0 Å². The Morgan fingerprint density at radius 3 is 2.52 bits per heavy atom. The number of phenols is 1. The molecule has 0 saturated heterocycles. The molecule has 130 valence electrons. The Hall–Kier alpha value is -2.80. The van der Waals surface area contributed by atoms with Crippen LogP contribution in [0.4, 0.5) is 13.2 Å². The summed E-state index contributed by atoms with van der Waals surface area (Å²) in [4.78, 5) is 4.31. The molecule has 0 fully saturated rings. The second-order valence-electron chi connectivity index (χ2n) is 5.49. The quantitative estimate of drug-likeness (QED) is 0.719. The predicted molar refractivity (Wildman–Crippen MR) is 85.6 cm³/mol. The highest BCUT2D eigenvalue weighted by Crippen LogP contribution is 2.29. The first-order valence-corrected chi connectivity index (χ1v) is 7.52. The van der Waals surface area contributed by atoms with Gasteiger partial charge in [0, 0.05) is 18.7 Å². The van der Waals surface area contributed by atoms with Crippen LogP contribution in [0, 0.1) is 0 Å². The molecular formula is C18H15F3N2O2. The summed E-state index contributed by atoms with van der Waals surface area (Å²) in [6.45, 7) is 0.642. The first-order chi connectivity index (χ1) is 11.9. The molecule has 2 N–H and O–H groups in total. The molecule has 0 atom stereocenters. The molecule has 25 heavy (non-hydrogen) atoms. The minimum absolute atomic E-state index is 0.151. The predicted octanol–water partition coefficient (Wildman–Crippen LogP) is 4.36. The summed E-state index contributed by atoms with van der Waals surface area (Å²) in [5.41, 5.74) is 1.23. The van der Waals surface area contributed by atoms with E-state index in [1.165, 1.54) is 24.5 Å². The van der Waals surface area contributed by atoms with Crippen molar-refractivity contribution in [3.05, 3.63) is 71.6 Å². The van der Waals surface area contributed by atoms with Gasteiger partial charge < -0.3 is 14.8 Å². The highest BCUT2D eigenvalue weighted by Gasteiger charge is 2.30. The van der Waals surface area contributed by atoms with Crippen molar-refractivity contribution >= 4 is 0 Å². The Labute approximate surface area is 141 Å². The smallest absolute Gasteiger partial charge is 0.416 e. The van der Waals surface area contributed by atoms with Gasteiger partial charge in [-0.15, -0.1) is 0 Å². The zero-order valence-corrected chi connectivity index (χ0v) is 13.0. The van der Waals surface area contributed by atoms with E-state index in [9.17, 15) is 18.3 Å². The van der Waals surface area contributed by atoms with E-state index >= 15 is 0 Å². The van der Waals surface area contributed by atoms with Gasteiger partial charge in [-0.3, -0.25) is 0 Å². The molecule has 2 aromatic carbocycles. The van der Waals surface area contributed by atoms with Gasteiger partial charge in [-0.05, 0) is 35.9 Å². The van der Waals surface area contributed by atoms with Crippen LogP contribution in [0.3, 0.4) is 0 Å². The molecule has 0 aliphatic rings. The normalized spacial score (nSPS) is 11.6. The van der Waals surface area contributed by atoms with Gasteiger partial charge in [0.25, 0.3) is 0 Å². The minimum atomic E-state index is -4.35. The first kappa shape index (κ1) is 17.0. The van der Waals surface area contributed by atoms with Crippen molar-refractivity contribution in [2.75, 3.05) is 0 Å². The van der Waals surface area contributed by atoms with Crippen LogP contribution >= 0.6 is 0 Å². The number of aromatic nitrogens is 1. The number of halogens is 3. The third-order valence-corrected chi connectivity index (χ3v) is 3.56. The molecule has 0 bridgehead atoms. The number of phenolic OH excluding ortho intramolecular Hbond substituents is 1. The number of aromatic hydroxyl groups is 1. The fourth-order valence-corrected chi connectivity index (χ4v) is 2.32. The Balaban J connectivity index is 1.59. The van der Waals surface area contributed by atoms with E-state index in [2.05, 4.69) is 10.3 Å². The summed E-state index contributed by atoms with van der Waals surface area (Å²) in [6, 6.07) is 11.6. The molecule has 0 aliphatic heterocycles. The van der Waals surface area contributed by atoms with Gasteiger partial charge >= 0.3 is 6.18 Å². The molecule has 7 heteroatoms. The van der Waals surface area contributed by atoms with Gasteiger partial charge in [-0.25, -0.2) is 4.98 Å². The number of alkyl halides is 3. The number of nitrogens with one attached hydrogen (secondary N) is 1. The van der Waals surface area contributed by atoms with Crippen molar-refractivity contribution in [2.45, 2.75) is 19.3 Å². The zero-order valence-electron chi connectivity index (χ0n) is 13.0. The molecule has 0 spiro atoms. The Bertz CT molecular complexity index is 842. The molecule has 3 rings (SSSR count). The molecule has 0 unspecified atom stereocenters. The van der Waals surface area contributed by atoms with Crippen LogP contribution in [-0.2, 0) is 19.3 Å². The fraction of sp³-hybridized carbons (Fsp3) is 0.167. The number of nitrogens with zero attached hydrogens (tertiary/aromatic N) is 1. The van der Waals surface area contributed by atoms with E-state index in [0.717, 1.165) is 17.7 Å². The van der Waals surface area contributed by atoms with Crippen LogP contribution in [-0.4, -0.2) is 10.1 Å². The molecule has 3 aromatic rings. The van der Waals surface area contributed by atoms with E-state index in [0.29, 0.717) is 23.7 Å². The average Bonchev–Trinajstić information content (AvgIpc) is 3.04. The summed E-state index contributed by atoms with van der Waals surface area (Å²) < 4.78 is 43.4. The van der Waals surface area contributed by atoms with Gasteiger partial charge in [0.1, 0.15) is 12.0 Å². The molecule has 0 saturated carbocycles. The zero-order chi connectivity index (χ0) is 17.9. The van der Waals surface area contributed by atoms with Crippen LogP contribution < -0.4 is 5.32 Å². The van der Waals surface area contributed by atoms with Crippen LogP contribution in [0.1, 0.15) is 16.8 Å². The van der Waals surface area contributed by atoms with Crippen molar-refractivity contribution in [2.24, 2.45) is 0 Å². The highest BCUT2D eigenvalue weighted by atomic mass is 19.4.